The van der Waals surface area contributed by atoms with Crippen LogP contribution in [0.2, 0.25) is 0 Å². The van der Waals surface area contributed by atoms with Crippen molar-refractivity contribution >= 4 is 5.91 Å². The third kappa shape index (κ3) is 3.93. The van der Waals surface area contributed by atoms with Crippen molar-refractivity contribution in [3.8, 4) is 0 Å². The lowest BCUT2D eigenvalue weighted by Gasteiger charge is -2.21. The van der Waals surface area contributed by atoms with E-state index in [2.05, 4.69) is 20.6 Å². The molecule has 1 aliphatic rings. The second kappa shape index (κ2) is 7.33. The van der Waals surface area contributed by atoms with Gasteiger partial charge in [0.15, 0.2) is 0 Å². The number of nitrogens with zero attached hydrogens (tertiary/aromatic N) is 2. The van der Waals surface area contributed by atoms with E-state index in [1.807, 2.05) is 37.3 Å². The minimum absolute atomic E-state index is 0.125. The summed E-state index contributed by atoms with van der Waals surface area (Å²) in [6.07, 6.45) is 3.91. The number of aromatic nitrogens is 2. The van der Waals surface area contributed by atoms with Gasteiger partial charge in [-0.1, -0.05) is 30.3 Å². The zero-order valence-electron chi connectivity index (χ0n) is 13.4. The fraction of sp³-hybridized carbons (Fsp3) is 0.389. The molecular weight excluding hydrogens is 288 g/mol. The number of aryl methyl sites for hydroxylation is 1. The highest BCUT2D eigenvalue weighted by atomic mass is 16.1. The van der Waals surface area contributed by atoms with Crippen LogP contribution in [-0.2, 0) is 6.54 Å². The maximum absolute atomic E-state index is 12.3. The number of nitrogens with one attached hydrogen (secondary N) is 2. The Morgan fingerprint density at radius 3 is 2.87 bits per heavy atom. The Labute approximate surface area is 136 Å². The molecular formula is C18H22N4O. The molecule has 1 fully saturated rings. The zero-order chi connectivity index (χ0) is 16.1. The van der Waals surface area contributed by atoms with Crippen LogP contribution in [0.3, 0.4) is 0 Å². The Morgan fingerprint density at radius 2 is 2.17 bits per heavy atom. The first-order valence-electron chi connectivity index (χ1n) is 8.10. The van der Waals surface area contributed by atoms with Crippen molar-refractivity contribution < 1.29 is 4.79 Å². The summed E-state index contributed by atoms with van der Waals surface area (Å²) in [6, 6.07) is 9.86. The van der Waals surface area contributed by atoms with E-state index in [4.69, 9.17) is 0 Å². The second-order valence-electron chi connectivity index (χ2n) is 5.94. The average Bonchev–Trinajstić information content (AvgIpc) is 2.61. The molecule has 2 N–H and O–H groups in total. The van der Waals surface area contributed by atoms with Gasteiger partial charge in [0.05, 0.1) is 11.3 Å². The number of hydrogen-bond acceptors (Lipinski definition) is 4. The molecule has 1 saturated heterocycles. The van der Waals surface area contributed by atoms with Gasteiger partial charge in [-0.05, 0) is 31.9 Å². The van der Waals surface area contributed by atoms with Crippen molar-refractivity contribution in [1.29, 1.82) is 0 Å². The van der Waals surface area contributed by atoms with Crippen molar-refractivity contribution in [1.82, 2.24) is 20.6 Å². The molecule has 1 aromatic carbocycles. The maximum Gasteiger partial charge on any atom is 0.254 e. The van der Waals surface area contributed by atoms with Gasteiger partial charge in [-0.3, -0.25) is 4.79 Å². The minimum atomic E-state index is -0.125. The van der Waals surface area contributed by atoms with Crippen LogP contribution in [0.5, 0.6) is 0 Å². The van der Waals surface area contributed by atoms with Gasteiger partial charge in [-0.2, -0.15) is 0 Å². The Hall–Kier alpha value is -2.27. The standard InChI is InChI=1S/C18H22N4O/c1-13-16(18(23)21-10-14-6-3-2-4-7-14)12-20-17(22-13)15-8-5-9-19-11-15/h2-4,6-7,12,15,19H,5,8-11H2,1H3,(H,21,23)/t15-/m1/s1. The first-order chi connectivity index (χ1) is 11.2. The molecule has 0 unspecified atom stereocenters. The van der Waals surface area contributed by atoms with E-state index >= 15 is 0 Å². The largest absolute Gasteiger partial charge is 0.348 e. The smallest absolute Gasteiger partial charge is 0.254 e. The third-order valence-corrected chi connectivity index (χ3v) is 4.20. The molecule has 2 heterocycles. The lowest BCUT2D eigenvalue weighted by molar-refractivity contribution is 0.0949. The first-order valence-corrected chi connectivity index (χ1v) is 8.10. The summed E-state index contributed by atoms with van der Waals surface area (Å²) in [4.78, 5) is 21.3. The number of rotatable bonds is 4. The lowest BCUT2D eigenvalue weighted by atomic mass is 9.98. The van der Waals surface area contributed by atoms with E-state index in [-0.39, 0.29) is 5.91 Å². The van der Waals surface area contributed by atoms with Crippen molar-refractivity contribution in [2.24, 2.45) is 0 Å². The monoisotopic (exact) mass is 310 g/mol. The molecule has 1 aliphatic heterocycles. The van der Waals surface area contributed by atoms with Gasteiger partial charge in [0.2, 0.25) is 0 Å². The molecule has 0 aliphatic carbocycles. The number of amides is 1. The molecule has 0 bridgehead atoms. The summed E-state index contributed by atoms with van der Waals surface area (Å²) in [5, 5.41) is 6.29. The summed E-state index contributed by atoms with van der Waals surface area (Å²) in [5.74, 6) is 1.07. The summed E-state index contributed by atoms with van der Waals surface area (Å²) in [5.41, 5.74) is 2.36. The SMILES string of the molecule is Cc1nc([C@@H]2CCCNC2)ncc1C(=O)NCc1ccccc1. The first kappa shape index (κ1) is 15.6. The van der Waals surface area contributed by atoms with Gasteiger partial charge < -0.3 is 10.6 Å². The van der Waals surface area contributed by atoms with Crippen LogP contribution in [0, 0.1) is 6.92 Å². The molecule has 1 atom stereocenters. The molecule has 3 rings (SSSR count). The van der Waals surface area contributed by atoms with E-state index in [1.165, 1.54) is 0 Å². The van der Waals surface area contributed by atoms with Gasteiger partial charge in [0.1, 0.15) is 5.82 Å². The van der Waals surface area contributed by atoms with Crippen LogP contribution in [0.25, 0.3) is 0 Å². The summed E-state index contributed by atoms with van der Waals surface area (Å²) in [6.45, 7) is 4.36. The van der Waals surface area contributed by atoms with Crippen LogP contribution >= 0.6 is 0 Å². The van der Waals surface area contributed by atoms with E-state index in [9.17, 15) is 4.79 Å². The third-order valence-electron chi connectivity index (χ3n) is 4.20. The minimum Gasteiger partial charge on any atom is -0.348 e. The topological polar surface area (TPSA) is 66.9 Å². The normalized spacial score (nSPS) is 17.7. The van der Waals surface area contributed by atoms with Crippen molar-refractivity contribution in [2.45, 2.75) is 32.2 Å². The number of benzene rings is 1. The zero-order valence-corrected chi connectivity index (χ0v) is 13.4. The van der Waals surface area contributed by atoms with Gasteiger partial charge in [0.25, 0.3) is 5.91 Å². The quantitative estimate of drug-likeness (QED) is 0.908. The summed E-state index contributed by atoms with van der Waals surface area (Å²) in [7, 11) is 0. The molecule has 2 aromatic rings. The predicted molar refractivity (Wildman–Crippen MR) is 89.2 cm³/mol. The van der Waals surface area contributed by atoms with E-state index in [0.717, 1.165) is 43.0 Å². The fourth-order valence-corrected chi connectivity index (χ4v) is 2.85. The molecule has 120 valence electrons. The molecule has 1 aromatic heterocycles. The van der Waals surface area contributed by atoms with Crippen molar-refractivity contribution in [2.75, 3.05) is 13.1 Å². The Morgan fingerprint density at radius 1 is 1.35 bits per heavy atom. The second-order valence-corrected chi connectivity index (χ2v) is 5.94. The van der Waals surface area contributed by atoms with Gasteiger partial charge in [-0.15, -0.1) is 0 Å². The summed E-state index contributed by atoms with van der Waals surface area (Å²) < 4.78 is 0. The van der Waals surface area contributed by atoms with Gasteiger partial charge >= 0.3 is 0 Å². The maximum atomic E-state index is 12.3. The highest BCUT2D eigenvalue weighted by molar-refractivity contribution is 5.94. The number of piperidine rings is 1. The van der Waals surface area contributed by atoms with Crippen LogP contribution in [0.1, 0.15) is 46.2 Å². The number of hydrogen-bond donors (Lipinski definition) is 2. The van der Waals surface area contributed by atoms with Crippen LogP contribution in [0.4, 0.5) is 0 Å². The Bertz CT molecular complexity index is 666. The van der Waals surface area contributed by atoms with Crippen LogP contribution in [-0.4, -0.2) is 29.0 Å². The highest BCUT2D eigenvalue weighted by Crippen LogP contribution is 2.20. The molecule has 0 radical (unpaired) electrons. The Balaban J connectivity index is 1.66. The summed E-state index contributed by atoms with van der Waals surface area (Å²) >= 11 is 0. The van der Waals surface area contributed by atoms with Gasteiger partial charge in [-0.25, -0.2) is 9.97 Å². The number of carbonyl (C=O) groups is 1. The highest BCUT2D eigenvalue weighted by Gasteiger charge is 2.19. The van der Waals surface area contributed by atoms with Crippen molar-refractivity contribution in [3.63, 3.8) is 0 Å². The van der Waals surface area contributed by atoms with Crippen molar-refractivity contribution in [3.05, 3.63) is 59.2 Å². The molecule has 5 heteroatoms. The Kier molecular flexibility index (Phi) is 4.98. The molecule has 0 saturated carbocycles. The van der Waals surface area contributed by atoms with Gasteiger partial charge in [0, 0.05) is 25.2 Å². The average molecular weight is 310 g/mol. The van der Waals surface area contributed by atoms with E-state index < -0.39 is 0 Å². The predicted octanol–water partition coefficient (Wildman–Crippen LogP) is 2.18. The lowest BCUT2D eigenvalue weighted by Crippen LogP contribution is -2.30. The van der Waals surface area contributed by atoms with Crippen LogP contribution < -0.4 is 10.6 Å². The molecule has 1 amide bonds. The number of carbonyl (C=O) groups excluding carboxylic acids is 1. The molecule has 5 nitrogen and oxygen atoms in total. The molecule has 23 heavy (non-hydrogen) atoms. The molecule has 0 spiro atoms. The van der Waals surface area contributed by atoms with Crippen LogP contribution in [0.15, 0.2) is 36.5 Å². The van der Waals surface area contributed by atoms with E-state index in [0.29, 0.717) is 18.0 Å². The fourth-order valence-electron chi connectivity index (χ4n) is 2.85. The van der Waals surface area contributed by atoms with E-state index in [1.54, 1.807) is 6.20 Å².